The van der Waals surface area contributed by atoms with Crippen molar-refractivity contribution in [2.45, 2.75) is 12.8 Å². The normalized spacial score (nSPS) is 10.5. The molecule has 0 aliphatic heterocycles. The fourth-order valence-electron chi connectivity index (χ4n) is 1.40. The molecule has 0 saturated heterocycles. The number of nitrogen functional groups attached to an aromatic ring is 1. The van der Waals surface area contributed by atoms with Crippen molar-refractivity contribution in [3.05, 3.63) is 46.7 Å². The van der Waals surface area contributed by atoms with Crippen molar-refractivity contribution < 1.29 is 4.39 Å². The van der Waals surface area contributed by atoms with Gasteiger partial charge in [-0.3, -0.25) is 0 Å². The molecule has 2 rings (SSSR count). The maximum absolute atomic E-state index is 12.9. The molecule has 0 aliphatic rings. The average Bonchev–Trinajstić information content (AvgIpc) is 2.62. The van der Waals surface area contributed by atoms with Crippen molar-refractivity contribution in [2.75, 3.05) is 5.73 Å². The van der Waals surface area contributed by atoms with Crippen molar-refractivity contribution in [3.63, 3.8) is 0 Å². The first kappa shape index (κ1) is 10.1. The Balaban J connectivity index is 1.99. The van der Waals surface area contributed by atoms with Gasteiger partial charge in [-0.1, -0.05) is 12.1 Å². The second-order valence-corrected chi connectivity index (χ2v) is 4.44. The predicted octanol–water partition coefficient (Wildman–Crippen LogP) is 2.65. The van der Waals surface area contributed by atoms with E-state index < -0.39 is 0 Å². The van der Waals surface area contributed by atoms with Crippen molar-refractivity contribution in [2.24, 2.45) is 0 Å². The number of hydrogen-bond donors (Lipinski definition) is 1. The lowest BCUT2D eigenvalue weighted by molar-refractivity contribution is 0.625. The monoisotopic (exact) mass is 222 g/mol. The second kappa shape index (κ2) is 4.40. The first-order valence-electron chi connectivity index (χ1n) is 4.68. The number of aromatic nitrogens is 1. The lowest BCUT2D eigenvalue weighted by Crippen LogP contribution is -1.89. The van der Waals surface area contributed by atoms with E-state index in [9.17, 15) is 4.39 Å². The van der Waals surface area contributed by atoms with Crippen molar-refractivity contribution >= 4 is 16.5 Å². The molecule has 0 fully saturated rings. The lowest BCUT2D eigenvalue weighted by atomic mass is 10.1. The van der Waals surface area contributed by atoms with E-state index >= 15 is 0 Å². The van der Waals surface area contributed by atoms with E-state index in [-0.39, 0.29) is 5.82 Å². The Labute approximate surface area is 91.6 Å². The van der Waals surface area contributed by atoms with Crippen molar-refractivity contribution in [1.82, 2.24) is 4.98 Å². The third-order valence-corrected chi connectivity index (χ3v) is 3.01. The minimum Gasteiger partial charge on any atom is -0.375 e. The smallest absolute Gasteiger partial charge is 0.180 e. The van der Waals surface area contributed by atoms with E-state index in [1.165, 1.54) is 17.4 Å². The molecule has 0 unspecified atom stereocenters. The zero-order chi connectivity index (χ0) is 10.7. The summed E-state index contributed by atoms with van der Waals surface area (Å²) in [7, 11) is 0. The molecule has 78 valence electrons. The van der Waals surface area contributed by atoms with Crippen LogP contribution in [0.2, 0.25) is 0 Å². The van der Waals surface area contributed by atoms with Crippen LogP contribution in [-0.4, -0.2) is 4.98 Å². The SMILES string of the molecule is Nc1ncc(CCc2cccc(F)c2)s1. The zero-order valence-electron chi connectivity index (χ0n) is 8.11. The summed E-state index contributed by atoms with van der Waals surface area (Å²) in [6.45, 7) is 0. The highest BCUT2D eigenvalue weighted by atomic mass is 32.1. The van der Waals surface area contributed by atoms with Gasteiger partial charge in [0.15, 0.2) is 5.13 Å². The summed E-state index contributed by atoms with van der Waals surface area (Å²) in [5, 5.41) is 0.587. The van der Waals surface area contributed by atoms with Gasteiger partial charge < -0.3 is 5.73 Å². The van der Waals surface area contributed by atoms with Crippen LogP contribution in [0.3, 0.4) is 0 Å². The Morgan fingerprint density at radius 1 is 1.33 bits per heavy atom. The Kier molecular flexibility index (Phi) is 2.97. The summed E-state index contributed by atoms with van der Waals surface area (Å²) in [5.74, 6) is -0.184. The van der Waals surface area contributed by atoms with Crippen molar-refractivity contribution in [3.8, 4) is 0 Å². The lowest BCUT2D eigenvalue weighted by Gasteiger charge is -1.98. The first-order valence-corrected chi connectivity index (χ1v) is 5.50. The zero-order valence-corrected chi connectivity index (χ0v) is 8.93. The quantitative estimate of drug-likeness (QED) is 0.867. The number of nitrogens with zero attached hydrogens (tertiary/aromatic N) is 1. The number of rotatable bonds is 3. The van der Waals surface area contributed by atoms with E-state index in [4.69, 9.17) is 5.73 Å². The first-order chi connectivity index (χ1) is 7.24. The third kappa shape index (κ3) is 2.76. The van der Waals surface area contributed by atoms with Crippen LogP contribution in [-0.2, 0) is 12.8 Å². The maximum Gasteiger partial charge on any atom is 0.180 e. The van der Waals surface area contributed by atoms with Crippen LogP contribution in [0.15, 0.2) is 30.5 Å². The predicted molar refractivity (Wildman–Crippen MR) is 60.3 cm³/mol. The summed E-state index contributed by atoms with van der Waals surface area (Å²) in [5.41, 5.74) is 6.52. The molecule has 2 aromatic rings. The Morgan fingerprint density at radius 2 is 2.20 bits per heavy atom. The summed E-state index contributed by atoms with van der Waals surface area (Å²) >= 11 is 1.48. The second-order valence-electron chi connectivity index (χ2n) is 3.29. The highest BCUT2D eigenvalue weighted by Crippen LogP contribution is 2.17. The fraction of sp³-hybridized carbons (Fsp3) is 0.182. The largest absolute Gasteiger partial charge is 0.375 e. The van der Waals surface area contributed by atoms with Gasteiger partial charge in [-0.15, -0.1) is 11.3 Å². The van der Waals surface area contributed by atoms with Crippen LogP contribution in [0.25, 0.3) is 0 Å². The molecule has 0 radical (unpaired) electrons. The molecule has 2 N–H and O–H groups in total. The van der Waals surface area contributed by atoms with E-state index in [1.54, 1.807) is 18.3 Å². The number of benzene rings is 1. The number of hydrogen-bond acceptors (Lipinski definition) is 3. The van der Waals surface area contributed by atoms with Crippen LogP contribution in [0.1, 0.15) is 10.4 Å². The van der Waals surface area contributed by atoms with E-state index in [2.05, 4.69) is 4.98 Å². The number of anilines is 1. The van der Waals surface area contributed by atoms with Crippen LogP contribution in [0, 0.1) is 5.82 Å². The molecule has 1 aromatic carbocycles. The molecule has 15 heavy (non-hydrogen) atoms. The van der Waals surface area contributed by atoms with Gasteiger partial charge in [0.05, 0.1) is 0 Å². The molecule has 0 spiro atoms. The highest BCUT2D eigenvalue weighted by molar-refractivity contribution is 7.15. The average molecular weight is 222 g/mol. The molecule has 0 aliphatic carbocycles. The molecule has 0 amide bonds. The molecule has 1 heterocycles. The van der Waals surface area contributed by atoms with Gasteiger partial charge in [0, 0.05) is 11.1 Å². The van der Waals surface area contributed by atoms with Gasteiger partial charge >= 0.3 is 0 Å². The topological polar surface area (TPSA) is 38.9 Å². The molecule has 0 bridgehead atoms. The van der Waals surface area contributed by atoms with Gasteiger partial charge in [-0.05, 0) is 30.5 Å². The van der Waals surface area contributed by atoms with Gasteiger partial charge in [0.1, 0.15) is 5.82 Å². The molecule has 2 nitrogen and oxygen atoms in total. The minimum atomic E-state index is -0.184. The molecular formula is C11H11FN2S. The Hall–Kier alpha value is -1.42. The summed E-state index contributed by atoms with van der Waals surface area (Å²) in [4.78, 5) is 5.10. The Bertz CT molecular complexity index is 453. The van der Waals surface area contributed by atoms with Gasteiger partial charge in [0.2, 0.25) is 0 Å². The number of nitrogens with two attached hydrogens (primary N) is 1. The number of aryl methyl sites for hydroxylation is 2. The molecule has 4 heteroatoms. The summed E-state index contributed by atoms with van der Waals surface area (Å²) in [6.07, 6.45) is 3.46. The fourth-order valence-corrected chi connectivity index (χ4v) is 2.08. The van der Waals surface area contributed by atoms with Crippen LogP contribution >= 0.6 is 11.3 Å². The molecular weight excluding hydrogens is 211 g/mol. The number of halogens is 1. The molecule has 1 aromatic heterocycles. The third-order valence-electron chi connectivity index (χ3n) is 2.12. The van der Waals surface area contributed by atoms with E-state index in [0.29, 0.717) is 5.13 Å². The summed E-state index contributed by atoms with van der Waals surface area (Å²) in [6, 6.07) is 6.66. The van der Waals surface area contributed by atoms with Crippen LogP contribution < -0.4 is 5.73 Å². The van der Waals surface area contributed by atoms with Crippen LogP contribution in [0.5, 0.6) is 0 Å². The minimum absolute atomic E-state index is 0.184. The molecule has 0 saturated carbocycles. The van der Waals surface area contributed by atoms with Gasteiger partial charge in [-0.2, -0.15) is 0 Å². The number of thiazole rings is 1. The standard InChI is InChI=1S/C11H11FN2S/c12-9-3-1-2-8(6-9)4-5-10-7-14-11(13)15-10/h1-3,6-7H,4-5H2,(H2,13,14). The molecule has 0 atom stereocenters. The summed E-state index contributed by atoms with van der Waals surface area (Å²) < 4.78 is 12.9. The van der Waals surface area contributed by atoms with Gasteiger partial charge in [-0.25, -0.2) is 9.37 Å². The van der Waals surface area contributed by atoms with E-state index in [0.717, 1.165) is 23.3 Å². The Morgan fingerprint density at radius 3 is 2.87 bits per heavy atom. The van der Waals surface area contributed by atoms with Crippen molar-refractivity contribution in [1.29, 1.82) is 0 Å². The maximum atomic E-state index is 12.9. The van der Waals surface area contributed by atoms with E-state index in [1.807, 2.05) is 6.07 Å². The van der Waals surface area contributed by atoms with Crippen LogP contribution in [0.4, 0.5) is 9.52 Å². The highest BCUT2D eigenvalue weighted by Gasteiger charge is 2.00. The van der Waals surface area contributed by atoms with Gasteiger partial charge in [0.25, 0.3) is 0 Å².